The second-order valence-corrected chi connectivity index (χ2v) is 7.70. The van der Waals surface area contributed by atoms with E-state index in [1.807, 2.05) is 54.3 Å². The summed E-state index contributed by atoms with van der Waals surface area (Å²) in [6.07, 6.45) is 5.89. The summed E-state index contributed by atoms with van der Waals surface area (Å²) in [6, 6.07) is 9.55. The fourth-order valence-corrected chi connectivity index (χ4v) is 4.05. The molecule has 1 aliphatic rings. The molecule has 1 aliphatic heterocycles. The Labute approximate surface area is 162 Å². The predicted molar refractivity (Wildman–Crippen MR) is 109 cm³/mol. The summed E-state index contributed by atoms with van der Waals surface area (Å²) >= 11 is 1.56. The quantitative estimate of drug-likeness (QED) is 0.511. The number of fused-ring (bicyclic) bond motifs is 1. The summed E-state index contributed by atoms with van der Waals surface area (Å²) in [5.41, 5.74) is 0.848. The Bertz CT molecular complexity index is 1010. The second kappa shape index (κ2) is 7.68. The number of para-hydroxylation sites is 1. The first-order valence-electron chi connectivity index (χ1n) is 9.24. The number of aromatic nitrogens is 4. The van der Waals surface area contributed by atoms with Crippen molar-refractivity contribution in [2.45, 2.75) is 31.5 Å². The monoisotopic (exact) mass is 381 g/mol. The highest BCUT2D eigenvalue weighted by molar-refractivity contribution is 7.98. The SMILES string of the molecule is CSc1nccc(N2CCC(Cn3c(C)nc4ccccc4c3=O)CC2)n1. The van der Waals surface area contributed by atoms with Gasteiger partial charge in [0.15, 0.2) is 5.16 Å². The van der Waals surface area contributed by atoms with Gasteiger partial charge in [-0.15, -0.1) is 0 Å². The van der Waals surface area contributed by atoms with Crippen LogP contribution >= 0.6 is 11.8 Å². The summed E-state index contributed by atoms with van der Waals surface area (Å²) in [5, 5.41) is 1.50. The lowest BCUT2D eigenvalue weighted by Gasteiger charge is -2.33. The molecule has 7 heteroatoms. The van der Waals surface area contributed by atoms with Crippen molar-refractivity contribution < 1.29 is 0 Å². The number of anilines is 1. The van der Waals surface area contributed by atoms with Crippen LogP contribution in [0.2, 0.25) is 0 Å². The first-order valence-corrected chi connectivity index (χ1v) is 10.5. The number of rotatable bonds is 4. The van der Waals surface area contributed by atoms with E-state index in [4.69, 9.17) is 0 Å². The van der Waals surface area contributed by atoms with Crippen LogP contribution < -0.4 is 10.5 Å². The molecule has 27 heavy (non-hydrogen) atoms. The molecule has 1 fully saturated rings. The summed E-state index contributed by atoms with van der Waals surface area (Å²) < 4.78 is 1.85. The van der Waals surface area contributed by atoms with Gasteiger partial charge in [-0.3, -0.25) is 9.36 Å². The van der Waals surface area contributed by atoms with Crippen LogP contribution in [0.25, 0.3) is 10.9 Å². The molecule has 1 saturated heterocycles. The van der Waals surface area contributed by atoms with Crippen molar-refractivity contribution in [2.24, 2.45) is 5.92 Å². The Hall–Kier alpha value is -2.41. The second-order valence-electron chi connectivity index (χ2n) is 6.92. The van der Waals surface area contributed by atoms with E-state index in [1.54, 1.807) is 11.8 Å². The van der Waals surface area contributed by atoms with Crippen LogP contribution in [0, 0.1) is 12.8 Å². The smallest absolute Gasteiger partial charge is 0.261 e. The van der Waals surface area contributed by atoms with Crippen LogP contribution in [0.5, 0.6) is 0 Å². The van der Waals surface area contributed by atoms with Gasteiger partial charge >= 0.3 is 0 Å². The Kier molecular flexibility index (Phi) is 5.11. The summed E-state index contributed by atoms with van der Waals surface area (Å²) in [7, 11) is 0. The molecule has 0 saturated carbocycles. The average molecular weight is 382 g/mol. The van der Waals surface area contributed by atoms with Crippen molar-refractivity contribution in [1.82, 2.24) is 19.5 Å². The third-order valence-corrected chi connectivity index (χ3v) is 5.79. The molecule has 3 aromatic rings. The van der Waals surface area contributed by atoms with Crippen LogP contribution in [0.15, 0.2) is 46.5 Å². The molecule has 0 unspecified atom stereocenters. The van der Waals surface area contributed by atoms with Crippen LogP contribution in [0.3, 0.4) is 0 Å². The van der Waals surface area contributed by atoms with Crippen molar-refractivity contribution in [3.8, 4) is 0 Å². The summed E-state index contributed by atoms with van der Waals surface area (Å²) in [5.74, 6) is 2.26. The van der Waals surface area contributed by atoms with Gasteiger partial charge in [-0.1, -0.05) is 23.9 Å². The van der Waals surface area contributed by atoms with Crippen LogP contribution in [-0.4, -0.2) is 38.9 Å². The maximum atomic E-state index is 12.9. The van der Waals surface area contributed by atoms with Crippen LogP contribution in [0.1, 0.15) is 18.7 Å². The van der Waals surface area contributed by atoms with Gasteiger partial charge < -0.3 is 4.90 Å². The van der Waals surface area contributed by atoms with Crippen molar-refractivity contribution >= 4 is 28.5 Å². The van der Waals surface area contributed by atoms with Gasteiger partial charge in [-0.25, -0.2) is 15.0 Å². The average Bonchev–Trinajstić information content (AvgIpc) is 2.71. The third-order valence-electron chi connectivity index (χ3n) is 5.23. The third kappa shape index (κ3) is 3.69. The Morgan fingerprint density at radius 1 is 1.15 bits per heavy atom. The fourth-order valence-electron chi connectivity index (χ4n) is 3.70. The van der Waals surface area contributed by atoms with Gasteiger partial charge in [-0.2, -0.15) is 0 Å². The molecular formula is C20H23N5OS. The largest absolute Gasteiger partial charge is 0.356 e. The minimum atomic E-state index is 0.0703. The van der Waals surface area contributed by atoms with Crippen LogP contribution in [-0.2, 0) is 6.54 Å². The highest BCUT2D eigenvalue weighted by Gasteiger charge is 2.22. The molecule has 0 radical (unpaired) electrons. The standard InChI is InChI=1S/C20H23N5OS/c1-14-22-17-6-4-3-5-16(17)19(26)25(14)13-15-8-11-24(12-9-15)18-7-10-21-20(23-18)27-2/h3-7,10,15H,8-9,11-13H2,1-2H3. The zero-order valence-electron chi connectivity index (χ0n) is 15.6. The van der Waals surface area contributed by atoms with E-state index >= 15 is 0 Å². The van der Waals surface area contributed by atoms with E-state index in [1.165, 1.54) is 0 Å². The molecule has 4 rings (SSSR count). The molecule has 0 bridgehead atoms. The van der Waals surface area contributed by atoms with E-state index in [0.717, 1.165) is 54.8 Å². The number of hydrogen-bond donors (Lipinski definition) is 0. The topological polar surface area (TPSA) is 63.9 Å². The molecule has 0 N–H and O–H groups in total. The lowest BCUT2D eigenvalue weighted by atomic mass is 9.96. The van der Waals surface area contributed by atoms with Crippen molar-refractivity contribution in [3.05, 3.63) is 52.7 Å². The summed E-state index contributed by atoms with van der Waals surface area (Å²) in [6.45, 7) is 4.55. The molecule has 6 nitrogen and oxygen atoms in total. The molecule has 0 amide bonds. The predicted octanol–water partition coefficient (Wildman–Crippen LogP) is 3.13. The Balaban J connectivity index is 1.48. The first-order chi connectivity index (χ1) is 13.2. The normalized spacial score (nSPS) is 15.4. The molecular weight excluding hydrogens is 358 g/mol. The van der Waals surface area contributed by atoms with Crippen LogP contribution in [0.4, 0.5) is 5.82 Å². The van der Waals surface area contributed by atoms with E-state index in [9.17, 15) is 4.79 Å². The number of hydrogen-bond acceptors (Lipinski definition) is 6. The molecule has 1 aromatic carbocycles. The van der Waals surface area contributed by atoms with Gasteiger partial charge in [0.25, 0.3) is 5.56 Å². The lowest BCUT2D eigenvalue weighted by Crippen LogP contribution is -2.37. The summed E-state index contributed by atoms with van der Waals surface area (Å²) in [4.78, 5) is 28.6. The van der Waals surface area contributed by atoms with Gasteiger partial charge in [0.1, 0.15) is 11.6 Å². The van der Waals surface area contributed by atoms with Gasteiger partial charge in [0.2, 0.25) is 0 Å². The highest BCUT2D eigenvalue weighted by Crippen LogP contribution is 2.24. The Morgan fingerprint density at radius 2 is 1.93 bits per heavy atom. The van der Waals surface area contributed by atoms with E-state index < -0.39 is 0 Å². The lowest BCUT2D eigenvalue weighted by molar-refractivity contribution is 0.347. The molecule has 3 heterocycles. The number of benzene rings is 1. The molecule has 0 atom stereocenters. The minimum Gasteiger partial charge on any atom is -0.356 e. The Morgan fingerprint density at radius 3 is 2.70 bits per heavy atom. The van der Waals surface area contributed by atoms with Gasteiger partial charge in [-0.05, 0) is 50.1 Å². The molecule has 0 aliphatic carbocycles. The number of piperidine rings is 1. The first kappa shape index (κ1) is 18.0. The van der Waals surface area contributed by atoms with Gasteiger partial charge in [0, 0.05) is 25.8 Å². The minimum absolute atomic E-state index is 0.0703. The molecule has 2 aromatic heterocycles. The van der Waals surface area contributed by atoms with E-state index in [-0.39, 0.29) is 5.56 Å². The maximum absolute atomic E-state index is 12.9. The maximum Gasteiger partial charge on any atom is 0.261 e. The number of thioether (sulfide) groups is 1. The van der Waals surface area contributed by atoms with Crippen molar-refractivity contribution in [2.75, 3.05) is 24.2 Å². The molecule has 0 spiro atoms. The van der Waals surface area contributed by atoms with E-state index in [0.29, 0.717) is 11.3 Å². The number of nitrogens with zero attached hydrogens (tertiary/aromatic N) is 5. The number of aryl methyl sites for hydroxylation is 1. The molecule has 140 valence electrons. The zero-order valence-corrected chi connectivity index (χ0v) is 16.4. The zero-order chi connectivity index (χ0) is 18.8. The fraction of sp³-hybridized carbons (Fsp3) is 0.400. The van der Waals surface area contributed by atoms with Crippen molar-refractivity contribution in [3.63, 3.8) is 0 Å². The van der Waals surface area contributed by atoms with E-state index in [2.05, 4.69) is 19.9 Å². The van der Waals surface area contributed by atoms with Gasteiger partial charge in [0.05, 0.1) is 10.9 Å². The van der Waals surface area contributed by atoms with Crippen molar-refractivity contribution in [1.29, 1.82) is 0 Å². The highest BCUT2D eigenvalue weighted by atomic mass is 32.2.